The summed E-state index contributed by atoms with van der Waals surface area (Å²) in [5, 5.41) is 17.7. The summed E-state index contributed by atoms with van der Waals surface area (Å²) >= 11 is 0. The number of ether oxygens (including phenoxy) is 1. The van der Waals surface area contributed by atoms with Gasteiger partial charge in [-0.1, -0.05) is 26.0 Å². The fraction of sp³-hybridized carbons (Fsp3) is 0.474. The zero-order chi connectivity index (χ0) is 18.4. The average Bonchev–Trinajstić information content (AvgIpc) is 3.12. The number of methoxy groups -OCH3 is 1. The number of nitrogens with zero attached hydrogens (tertiary/aromatic N) is 2. The SMILES string of the molecule is CCC(CC)n1nccc1C(=O)NC(C)C(O)c1ccc(OC)cc1. The minimum absolute atomic E-state index is 0.192. The molecule has 1 amide bonds. The smallest absolute Gasteiger partial charge is 0.269 e. The molecule has 6 nitrogen and oxygen atoms in total. The lowest BCUT2D eigenvalue weighted by Gasteiger charge is -2.22. The standard InChI is InChI=1S/C19H27N3O3/c1-5-15(6-2)22-17(11-12-20-22)19(24)21-13(3)18(23)14-7-9-16(25-4)10-8-14/h7-13,15,18,23H,5-6H2,1-4H3,(H,21,24). The lowest BCUT2D eigenvalue weighted by Crippen LogP contribution is -2.38. The number of nitrogens with one attached hydrogen (secondary N) is 1. The normalized spacial score (nSPS) is 13.5. The zero-order valence-corrected chi connectivity index (χ0v) is 15.3. The minimum Gasteiger partial charge on any atom is -0.497 e. The van der Waals surface area contributed by atoms with E-state index in [1.165, 1.54) is 0 Å². The third-order valence-corrected chi connectivity index (χ3v) is 4.48. The molecule has 6 heteroatoms. The Morgan fingerprint density at radius 1 is 1.24 bits per heavy atom. The molecule has 1 aromatic heterocycles. The summed E-state index contributed by atoms with van der Waals surface area (Å²) in [4.78, 5) is 12.6. The number of amides is 1. The summed E-state index contributed by atoms with van der Waals surface area (Å²) in [6.45, 7) is 5.94. The highest BCUT2D eigenvalue weighted by atomic mass is 16.5. The Balaban J connectivity index is 2.08. The molecule has 2 atom stereocenters. The highest BCUT2D eigenvalue weighted by Crippen LogP contribution is 2.21. The van der Waals surface area contributed by atoms with E-state index in [0.29, 0.717) is 5.69 Å². The fourth-order valence-corrected chi connectivity index (χ4v) is 2.87. The Bertz CT molecular complexity index is 677. The van der Waals surface area contributed by atoms with Gasteiger partial charge in [0.2, 0.25) is 0 Å². The van der Waals surface area contributed by atoms with Crippen LogP contribution in [0, 0.1) is 0 Å². The van der Waals surface area contributed by atoms with Crippen LogP contribution in [0.25, 0.3) is 0 Å². The molecule has 0 saturated carbocycles. The number of benzene rings is 1. The summed E-state index contributed by atoms with van der Waals surface area (Å²) in [7, 11) is 1.59. The first-order chi connectivity index (χ1) is 12.0. The maximum atomic E-state index is 12.6. The lowest BCUT2D eigenvalue weighted by atomic mass is 10.0. The van der Waals surface area contributed by atoms with Crippen LogP contribution in [0.3, 0.4) is 0 Å². The van der Waals surface area contributed by atoms with Crippen LogP contribution in [0.1, 0.15) is 61.8 Å². The van der Waals surface area contributed by atoms with Gasteiger partial charge in [0.05, 0.1) is 25.3 Å². The van der Waals surface area contributed by atoms with Crippen LogP contribution < -0.4 is 10.1 Å². The molecule has 1 heterocycles. The second kappa shape index (κ2) is 8.67. The monoisotopic (exact) mass is 345 g/mol. The van der Waals surface area contributed by atoms with E-state index in [1.807, 2.05) is 0 Å². The van der Waals surface area contributed by atoms with Gasteiger partial charge in [-0.2, -0.15) is 5.10 Å². The number of hydrogen-bond acceptors (Lipinski definition) is 4. The minimum atomic E-state index is -0.806. The molecule has 0 spiro atoms. The highest BCUT2D eigenvalue weighted by molar-refractivity contribution is 5.92. The van der Waals surface area contributed by atoms with Gasteiger partial charge in [0.25, 0.3) is 5.91 Å². The van der Waals surface area contributed by atoms with Crippen molar-refractivity contribution in [3.63, 3.8) is 0 Å². The van der Waals surface area contributed by atoms with E-state index in [1.54, 1.807) is 55.2 Å². The molecule has 1 aromatic carbocycles. The Morgan fingerprint density at radius 2 is 1.88 bits per heavy atom. The molecular formula is C19H27N3O3. The number of aliphatic hydroxyl groups excluding tert-OH is 1. The number of hydrogen-bond donors (Lipinski definition) is 2. The lowest BCUT2D eigenvalue weighted by molar-refractivity contribution is 0.0838. The van der Waals surface area contributed by atoms with Crippen LogP contribution in [0.15, 0.2) is 36.5 Å². The third-order valence-electron chi connectivity index (χ3n) is 4.48. The van der Waals surface area contributed by atoms with Crippen LogP contribution in [0.4, 0.5) is 0 Å². The molecule has 2 N–H and O–H groups in total. The molecule has 0 fully saturated rings. The van der Waals surface area contributed by atoms with Crippen molar-refractivity contribution in [2.45, 2.75) is 51.8 Å². The van der Waals surface area contributed by atoms with Gasteiger partial charge in [0.15, 0.2) is 0 Å². The predicted molar refractivity (Wildman–Crippen MR) is 96.7 cm³/mol. The fourth-order valence-electron chi connectivity index (χ4n) is 2.87. The second-order valence-electron chi connectivity index (χ2n) is 6.11. The molecule has 136 valence electrons. The first kappa shape index (κ1) is 19.0. The van der Waals surface area contributed by atoms with E-state index < -0.39 is 12.1 Å². The van der Waals surface area contributed by atoms with Crippen LogP contribution in [-0.2, 0) is 0 Å². The van der Waals surface area contributed by atoms with Crippen molar-refractivity contribution in [2.24, 2.45) is 0 Å². The predicted octanol–water partition coefficient (Wildman–Crippen LogP) is 3.10. The van der Waals surface area contributed by atoms with Crippen LogP contribution in [0.2, 0.25) is 0 Å². The summed E-state index contributed by atoms with van der Waals surface area (Å²) in [6, 6.07) is 8.62. The van der Waals surface area contributed by atoms with Crippen molar-refractivity contribution >= 4 is 5.91 Å². The van der Waals surface area contributed by atoms with E-state index in [4.69, 9.17) is 4.74 Å². The first-order valence-electron chi connectivity index (χ1n) is 8.68. The van der Waals surface area contributed by atoms with E-state index in [-0.39, 0.29) is 11.9 Å². The number of carbonyl (C=O) groups is 1. The topological polar surface area (TPSA) is 76.4 Å². The van der Waals surface area contributed by atoms with Gasteiger partial charge in [-0.3, -0.25) is 9.48 Å². The molecule has 0 radical (unpaired) electrons. The number of rotatable bonds is 8. The van der Waals surface area contributed by atoms with Gasteiger partial charge in [-0.15, -0.1) is 0 Å². The number of aliphatic hydroxyl groups is 1. The maximum Gasteiger partial charge on any atom is 0.269 e. The largest absolute Gasteiger partial charge is 0.497 e. The quantitative estimate of drug-likeness (QED) is 0.771. The molecule has 0 aliphatic heterocycles. The molecule has 25 heavy (non-hydrogen) atoms. The van der Waals surface area contributed by atoms with Gasteiger partial charge in [-0.05, 0) is 43.5 Å². The van der Waals surface area contributed by atoms with Crippen molar-refractivity contribution in [3.8, 4) is 5.75 Å². The van der Waals surface area contributed by atoms with Gasteiger partial charge in [-0.25, -0.2) is 0 Å². The second-order valence-corrected chi connectivity index (χ2v) is 6.11. The first-order valence-corrected chi connectivity index (χ1v) is 8.68. The molecule has 2 aromatic rings. The van der Waals surface area contributed by atoms with Gasteiger partial charge < -0.3 is 15.2 Å². The van der Waals surface area contributed by atoms with Crippen molar-refractivity contribution in [1.82, 2.24) is 15.1 Å². The zero-order valence-electron chi connectivity index (χ0n) is 15.3. The molecule has 0 saturated heterocycles. The number of aromatic nitrogens is 2. The third kappa shape index (κ3) is 4.39. The van der Waals surface area contributed by atoms with Gasteiger partial charge >= 0.3 is 0 Å². The number of carbonyl (C=O) groups excluding carboxylic acids is 1. The Kier molecular flexibility index (Phi) is 6.58. The molecular weight excluding hydrogens is 318 g/mol. The van der Waals surface area contributed by atoms with E-state index in [9.17, 15) is 9.90 Å². The Labute approximate surface area is 148 Å². The maximum absolute atomic E-state index is 12.6. The van der Waals surface area contributed by atoms with E-state index in [2.05, 4.69) is 24.3 Å². The van der Waals surface area contributed by atoms with E-state index >= 15 is 0 Å². The average molecular weight is 345 g/mol. The molecule has 2 unspecified atom stereocenters. The van der Waals surface area contributed by atoms with Crippen molar-refractivity contribution < 1.29 is 14.6 Å². The van der Waals surface area contributed by atoms with E-state index in [0.717, 1.165) is 24.2 Å². The van der Waals surface area contributed by atoms with Crippen LogP contribution in [-0.4, -0.2) is 33.9 Å². The van der Waals surface area contributed by atoms with Gasteiger partial charge in [0.1, 0.15) is 11.4 Å². The molecule has 0 bridgehead atoms. The summed E-state index contributed by atoms with van der Waals surface area (Å²) in [5.74, 6) is 0.492. The summed E-state index contributed by atoms with van der Waals surface area (Å²) < 4.78 is 6.88. The van der Waals surface area contributed by atoms with Crippen LogP contribution >= 0.6 is 0 Å². The molecule has 0 aliphatic rings. The van der Waals surface area contributed by atoms with Crippen molar-refractivity contribution in [1.29, 1.82) is 0 Å². The Morgan fingerprint density at radius 3 is 2.44 bits per heavy atom. The summed E-state index contributed by atoms with van der Waals surface area (Å²) in [6.07, 6.45) is 2.64. The van der Waals surface area contributed by atoms with Crippen molar-refractivity contribution in [2.75, 3.05) is 7.11 Å². The Hall–Kier alpha value is -2.34. The van der Waals surface area contributed by atoms with Gasteiger partial charge in [0, 0.05) is 6.20 Å². The summed E-state index contributed by atoms with van der Waals surface area (Å²) in [5.41, 5.74) is 1.24. The van der Waals surface area contributed by atoms with Crippen LogP contribution in [0.5, 0.6) is 5.75 Å². The molecule has 2 rings (SSSR count). The molecule has 0 aliphatic carbocycles. The highest BCUT2D eigenvalue weighted by Gasteiger charge is 2.22. The van der Waals surface area contributed by atoms with Crippen molar-refractivity contribution in [3.05, 3.63) is 47.8 Å².